The fraction of sp³-hybridized carbons (Fsp3) is 0.417. The van der Waals surface area contributed by atoms with Gasteiger partial charge in [-0.25, -0.2) is 4.79 Å². The average molecular weight is 222 g/mol. The lowest BCUT2D eigenvalue weighted by atomic mass is 9.97. The van der Waals surface area contributed by atoms with Gasteiger partial charge in [0.25, 0.3) is 0 Å². The minimum atomic E-state index is -0.374. The second-order valence-corrected chi connectivity index (χ2v) is 3.75. The van der Waals surface area contributed by atoms with Gasteiger partial charge >= 0.3 is 5.97 Å². The molecule has 0 amide bonds. The molecule has 0 heterocycles. The Balaban J connectivity index is 3.23. The average Bonchev–Trinajstić information content (AvgIpc) is 2.30. The van der Waals surface area contributed by atoms with E-state index in [4.69, 9.17) is 11.5 Å². The largest absolute Gasteiger partial charge is 0.465 e. The van der Waals surface area contributed by atoms with Crippen LogP contribution in [0, 0.1) is 6.92 Å². The highest BCUT2D eigenvalue weighted by atomic mass is 16.5. The quantitative estimate of drug-likeness (QED) is 0.603. The monoisotopic (exact) mass is 222 g/mol. The van der Waals surface area contributed by atoms with Crippen LogP contribution in [0.4, 0.5) is 5.69 Å². The Hall–Kier alpha value is -1.55. The molecule has 1 aromatic carbocycles. The zero-order chi connectivity index (χ0) is 12.3. The molecule has 0 saturated heterocycles. The van der Waals surface area contributed by atoms with E-state index in [1.807, 2.05) is 6.92 Å². The van der Waals surface area contributed by atoms with Crippen molar-refractivity contribution in [2.75, 3.05) is 12.8 Å². The molecule has 1 rings (SSSR count). The number of methoxy groups -OCH3 is 1. The molecule has 4 N–H and O–H groups in total. The molecule has 1 unspecified atom stereocenters. The molecule has 0 aliphatic carbocycles. The summed E-state index contributed by atoms with van der Waals surface area (Å²) in [6, 6.07) is 3.41. The van der Waals surface area contributed by atoms with E-state index in [2.05, 4.69) is 4.74 Å². The topological polar surface area (TPSA) is 78.3 Å². The number of hydrogen-bond acceptors (Lipinski definition) is 4. The van der Waals surface area contributed by atoms with Crippen LogP contribution in [-0.4, -0.2) is 13.1 Å². The zero-order valence-electron chi connectivity index (χ0n) is 9.91. The molecule has 0 aromatic heterocycles. The maximum atomic E-state index is 11.4. The van der Waals surface area contributed by atoms with Crippen molar-refractivity contribution in [2.24, 2.45) is 5.73 Å². The van der Waals surface area contributed by atoms with Crippen molar-refractivity contribution < 1.29 is 9.53 Å². The Bertz CT molecular complexity index is 402. The van der Waals surface area contributed by atoms with E-state index in [0.29, 0.717) is 11.3 Å². The van der Waals surface area contributed by atoms with Gasteiger partial charge in [0.15, 0.2) is 0 Å². The van der Waals surface area contributed by atoms with Crippen molar-refractivity contribution in [2.45, 2.75) is 26.3 Å². The highest BCUT2D eigenvalue weighted by Crippen LogP contribution is 2.26. The number of ether oxygens (including phenoxy) is 1. The summed E-state index contributed by atoms with van der Waals surface area (Å²) in [6.07, 6.45) is 0.807. The molecular formula is C12H18N2O2. The third kappa shape index (κ3) is 2.17. The van der Waals surface area contributed by atoms with Gasteiger partial charge in [-0.05, 0) is 30.5 Å². The van der Waals surface area contributed by atoms with Gasteiger partial charge in [0, 0.05) is 11.7 Å². The van der Waals surface area contributed by atoms with Crippen LogP contribution in [0.2, 0.25) is 0 Å². The molecule has 0 saturated carbocycles. The summed E-state index contributed by atoms with van der Waals surface area (Å²) in [5, 5.41) is 0. The second kappa shape index (κ2) is 4.99. The smallest absolute Gasteiger partial charge is 0.338 e. The Morgan fingerprint density at radius 2 is 2.12 bits per heavy atom. The van der Waals surface area contributed by atoms with Gasteiger partial charge in [-0.1, -0.05) is 13.0 Å². The highest BCUT2D eigenvalue weighted by molar-refractivity contribution is 5.92. The number of carbonyl (C=O) groups is 1. The van der Waals surface area contributed by atoms with Crippen molar-refractivity contribution in [3.63, 3.8) is 0 Å². The molecule has 0 spiro atoms. The summed E-state index contributed by atoms with van der Waals surface area (Å²) < 4.78 is 4.67. The summed E-state index contributed by atoms with van der Waals surface area (Å²) in [5.41, 5.74) is 14.6. The predicted octanol–water partition coefficient (Wildman–Crippen LogP) is 1.77. The van der Waals surface area contributed by atoms with Gasteiger partial charge in [0.2, 0.25) is 0 Å². The molecule has 88 valence electrons. The van der Waals surface area contributed by atoms with Crippen LogP contribution in [0.5, 0.6) is 0 Å². The van der Waals surface area contributed by atoms with Gasteiger partial charge in [-0.15, -0.1) is 0 Å². The molecule has 0 radical (unpaired) electrons. The van der Waals surface area contributed by atoms with Gasteiger partial charge in [-0.3, -0.25) is 0 Å². The fourth-order valence-corrected chi connectivity index (χ4v) is 1.62. The second-order valence-electron chi connectivity index (χ2n) is 3.75. The summed E-state index contributed by atoms with van der Waals surface area (Å²) in [6.45, 7) is 3.79. The number of nitrogens with two attached hydrogens (primary N) is 2. The number of hydrogen-bond donors (Lipinski definition) is 2. The van der Waals surface area contributed by atoms with E-state index in [0.717, 1.165) is 17.5 Å². The van der Waals surface area contributed by atoms with E-state index in [1.54, 1.807) is 19.1 Å². The summed E-state index contributed by atoms with van der Waals surface area (Å²) >= 11 is 0. The first kappa shape index (κ1) is 12.5. The lowest BCUT2D eigenvalue weighted by molar-refractivity contribution is 0.0600. The molecule has 4 heteroatoms. The highest BCUT2D eigenvalue weighted by Gasteiger charge is 2.16. The van der Waals surface area contributed by atoms with Crippen LogP contribution < -0.4 is 11.5 Å². The van der Waals surface area contributed by atoms with E-state index < -0.39 is 0 Å². The lowest BCUT2D eigenvalue weighted by Crippen LogP contribution is -2.14. The summed E-state index contributed by atoms with van der Waals surface area (Å²) in [7, 11) is 1.35. The van der Waals surface area contributed by atoms with E-state index >= 15 is 0 Å². The normalized spacial score (nSPS) is 12.2. The van der Waals surface area contributed by atoms with Crippen LogP contribution in [0.25, 0.3) is 0 Å². The number of rotatable bonds is 3. The molecule has 0 bridgehead atoms. The Morgan fingerprint density at radius 1 is 1.50 bits per heavy atom. The molecular weight excluding hydrogens is 204 g/mol. The SMILES string of the molecule is CCC(N)c1ccc(C(=O)OC)c(C)c1N. The first-order valence-electron chi connectivity index (χ1n) is 5.25. The van der Waals surface area contributed by atoms with E-state index in [9.17, 15) is 4.79 Å². The minimum absolute atomic E-state index is 0.0922. The first-order valence-corrected chi connectivity index (χ1v) is 5.25. The number of benzene rings is 1. The number of carbonyl (C=O) groups excluding carboxylic acids is 1. The van der Waals surface area contributed by atoms with Crippen molar-refractivity contribution >= 4 is 11.7 Å². The first-order chi connectivity index (χ1) is 7.52. The van der Waals surface area contributed by atoms with Crippen molar-refractivity contribution in [3.8, 4) is 0 Å². The Kier molecular flexibility index (Phi) is 3.90. The summed E-state index contributed by atoms with van der Waals surface area (Å²) in [5.74, 6) is -0.374. The maximum absolute atomic E-state index is 11.4. The van der Waals surface area contributed by atoms with Crippen LogP contribution in [0.1, 0.15) is 40.9 Å². The van der Waals surface area contributed by atoms with Crippen molar-refractivity contribution in [1.29, 1.82) is 0 Å². The molecule has 16 heavy (non-hydrogen) atoms. The molecule has 1 atom stereocenters. The van der Waals surface area contributed by atoms with Gasteiger partial charge in [0.1, 0.15) is 0 Å². The molecule has 1 aromatic rings. The number of esters is 1. The molecule has 0 fully saturated rings. The van der Waals surface area contributed by atoms with Crippen LogP contribution >= 0.6 is 0 Å². The molecule has 4 nitrogen and oxygen atoms in total. The third-order valence-corrected chi connectivity index (χ3v) is 2.79. The van der Waals surface area contributed by atoms with Crippen molar-refractivity contribution in [1.82, 2.24) is 0 Å². The minimum Gasteiger partial charge on any atom is -0.465 e. The van der Waals surface area contributed by atoms with E-state index in [-0.39, 0.29) is 12.0 Å². The van der Waals surface area contributed by atoms with Gasteiger partial charge < -0.3 is 16.2 Å². The fourth-order valence-electron chi connectivity index (χ4n) is 1.62. The summed E-state index contributed by atoms with van der Waals surface area (Å²) in [4.78, 5) is 11.4. The predicted molar refractivity (Wildman–Crippen MR) is 64.2 cm³/mol. The van der Waals surface area contributed by atoms with Crippen LogP contribution in [-0.2, 0) is 4.74 Å². The van der Waals surface area contributed by atoms with Crippen LogP contribution in [0.15, 0.2) is 12.1 Å². The Labute approximate surface area is 95.6 Å². The van der Waals surface area contributed by atoms with Crippen LogP contribution in [0.3, 0.4) is 0 Å². The van der Waals surface area contributed by atoms with E-state index in [1.165, 1.54) is 7.11 Å². The van der Waals surface area contributed by atoms with Gasteiger partial charge in [-0.2, -0.15) is 0 Å². The third-order valence-electron chi connectivity index (χ3n) is 2.79. The maximum Gasteiger partial charge on any atom is 0.338 e. The molecule has 0 aliphatic heterocycles. The number of nitrogen functional groups attached to an aromatic ring is 1. The molecule has 0 aliphatic rings. The lowest BCUT2D eigenvalue weighted by Gasteiger charge is -2.16. The number of anilines is 1. The standard InChI is InChI=1S/C12H18N2O2/c1-4-10(13)9-6-5-8(12(15)16-3)7(2)11(9)14/h5-6,10H,4,13-14H2,1-3H3. The zero-order valence-corrected chi connectivity index (χ0v) is 9.91. The van der Waals surface area contributed by atoms with Gasteiger partial charge in [0.05, 0.1) is 12.7 Å². The van der Waals surface area contributed by atoms with Crippen molar-refractivity contribution in [3.05, 3.63) is 28.8 Å². The Morgan fingerprint density at radius 3 is 2.62 bits per heavy atom.